The van der Waals surface area contributed by atoms with Crippen molar-refractivity contribution in [1.82, 2.24) is 19.9 Å². The molecule has 0 saturated carbocycles. The van der Waals surface area contributed by atoms with Gasteiger partial charge in [-0.3, -0.25) is 14.5 Å². The van der Waals surface area contributed by atoms with Gasteiger partial charge in [-0.15, -0.1) is 0 Å². The molecule has 0 spiro atoms. The van der Waals surface area contributed by atoms with Crippen molar-refractivity contribution in [3.8, 4) is 0 Å². The number of amides is 1. The maximum atomic E-state index is 14.9. The van der Waals surface area contributed by atoms with E-state index in [1.54, 1.807) is 19.1 Å². The molecule has 0 unspecified atom stereocenters. The van der Waals surface area contributed by atoms with E-state index < -0.39 is 23.2 Å². The predicted octanol–water partition coefficient (Wildman–Crippen LogP) is 2.29. The summed E-state index contributed by atoms with van der Waals surface area (Å²) < 4.78 is 29.1. The normalized spacial score (nSPS) is 14.7. The standard InChI is InChI=1S/C21H19F2N5O2/c1-11-21(30)27-18-15(25-11)4-2-13(17(18)22)10-28-8-6-12(7-9-28)14-3-5-16(20(24)29)26-19(14)23/h2-6H,7-10H2,1H3,(H2,24,29)(H,27,30). The molecule has 1 aliphatic heterocycles. The Balaban J connectivity index is 1.53. The molecule has 1 aromatic carbocycles. The minimum atomic E-state index is -0.784. The maximum Gasteiger partial charge on any atom is 0.269 e. The molecule has 0 bridgehead atoms. The van der Waals surface area contributed by atoms with Crippen molar-refractivity contribution in [1.29, 1.82) is 0 Å². The van der Waals surface area contributed by atoms with Gasteiger partial charge in [0, 0.05) is 30.8 Å². The summed E-state index contributed by atoms with van der Waals surface area (Å²) in [7, 11) is 0. The van der Waals surface area contributed by atoms with Crippen LogP contribution in [0.15, 0.2) is 35.1 Å². The molecule has 9 heteroatoms. The van der Waals surface area contributed by atoms with Gasteiger partial charge in [0.25, 0.3) is 11.5 Å². The first-order chi connectivity index (χ1) is 14.3. The Kier molecular flexibility index (Phi) is 5.13. The van der Waals surface area contributed by atoms with Crippen LogP contribution in [-0.2, 0) is 6.54 Å². The van der Waals surface area contributed by atoms with Crippen LogP contribution in [0.25, 0.3) is 16.6 Å². The van der Waals surface area contributed by atoms with Crippen LogP contribution in [0.2, 0.25) is 0 Å². The van der Waals surface area contributed by atoms with Crippen LogP contribution in [0.5, 0.6) is 0 Å². The molecule has 0 radical (unpaired) electrons. The number of carbonyl (C=O) groups is 1. The highest BCUT2D eigenvalue weighted by atomic mass is 19.1. The number of benzene rings is 1. The van der Waals surface area contributed by atoms with Gasteiger partial charge in [-0.05, 0) is 37.1 Å². The lowest BCUT2D eigenvalue weighted by Gasteiger charge is -2.26. The number of fused-ring (bicyclic) bond motifs is 1. The van der Waals surface area contributed by atoms with Gasteiger partial charge in [-0.2, -0.15) is 4.39 Å². The zero-order chi connectivity index (χ0) is 21.4. The third kappa shape index (κ3) is 3.71. The van der Waals surface area contributed by atoms with E-state index in [1.165, 1.54) is 12.1 Å². The molecule has 0 aliphatic carbocycles. The average molecular weight is 411 g/mol. The van der Waals surface area contributed by atoms with Gasteiger partial charge < -0.3 is 10.7 Å². The lowest BCUT2D eigenvalue weighted by atomic mass is 10.00. The third-order valence-electron chi connectivity index (χ3n) is 5.19. The number of carbonyl (C=O) groups excluding carboxylic acids is 1. The molecule has 3 heterocycles. The number of hydrogen-bond acceptors (Lipinski definition) is 5. The van der Waals surface area contributed by atoms with Crippen LogP contribution in [0.3, 0.4) is 0 Å². The predicted molar refractivity (Wildman–Crippen MR) is 108 cm³/mol. The zero-order valence-electron chi connectivity index (χ0n) is 16.2. The fourth-order valence-corrected chi connectivity index (χ4v) is 3.53. The van der Waals surface area contributed by atoms with Crippen LogP contribution in [-0.4, -0.2) is 38.8 Å². The highest BCUT2D eigenvalue weighted by Crippen LogP contribution is 2.26. The number of rotatable bonds is 4. The van der Waals surface area contributed by atoms with Crippen LogP contribution >= 0.6 is 0 Å². The van der Waals surface area contributed by atoms with E-state index in [4.69, 9.17) is 5.73 Å². The van der Waals surface area contributed by atoms with Gasteiger partial charge in [-0.25, -0.2) is 14.4 Å². The second kappa shape index (κ2) is 7.75. The van der Waals surface area contributed by atoms with Crippen LogP contribution in [0.1, 0.15) is 33.7 Å². The van der Waals surface area contributed by atoms with Gasteiger partial charge in [0.15, 0.2) is 5.82 Å². The highest BCUT2D eigenvalue weighted by molar-refractivity contribution is 5.91. The summed E-state index contributed by atoms with van der Waals surface area (Å²) in [6.45, 7) is 2.99. The summed E-state index contributed by atoms with van der Waals surface area (Å²) in [5.74, 6) is -2.02. The fraction of sp³-hybridized carbons (Fsp3) is 0.238. The first-order valence-corrected chi connectivity index (χ1v) is 9.39. The number of halogens is 2. The molecule has 1 amide bonds. The topological polar surface area (TPSA) is 105 Å². The first kappa shape index (κ1) is 19.8. The van der Waals surface area contributed by atoms with Gasteiger partial charge in [0.1, 0.15) is 16.9 Å². The molecule has 4 rings (SSSR count). The SMILES string of the molecule is Cc1nc2ccc(CN3CC=C(c4ccc(C(N)=O)nc4F)CC3)c(F)c2[nH]c1=O. The third-order valence-corrected chi connectivity index (χ3v) is 5.19. The average Bonchev–Trinajstić information content (AvgIpc) is 2.72. The van der Waals surface area contributed by atoms with Gasteiger partial charge >= 0.3 is 0 Å². The van der Waals surface area contributed by atoms with Crippen molar-refractivity contribution < 1.29 is 13.6 Å². The highest BCUT2D eigenvalue weighted by Gasteiger charge is 2.19. The second-order valence-electron chi connectivity index (χ2n) is 7.20. The summed E-state index contributed by atoms with van der Waals surface area (Å²) in [5, 5.41) is 0. The van der Waals surface area contributed by atoms with E-state index in [2.05, 4.69) is 15.0 Å². The molecule has 154 valence electrons. The number of nitrogens with zero attached hydrogens (tertiary/aromatic N) is 3. The molecule has 0 atom stereocenters. The smallest absolute Gasteiger partial charge is 0.269 e. The molecule has 30 heavy (non-hydrogen) atoms. The quantitative estimate of drug-likeness (QED) is 0.641. The Morgan fingerprint density at radius 2 is 2.03 bits per heavy atom. The van der Waals surface area contributed by atoms with Crippen molar-refractivity contribution >= 4 is 22.5 Å². The van der Waals surface area contributed by atoms with Gasteiger partial charge in [-0.1, -0.05) is 12.1 Å². The molecule has 0 fully saturated rings. The number of primary amides is 1. The van der Waals surface area contributed by atoms with E-state index in [0.29, 0.717) is 42.7 Å². The monoisotopic (exact) mass is 411 g/mol. The van der Waals surface area contributed by atoms with Gasteiger partial charge in [0.05, 0.1) is 5.52 Å². The number of nitrogens with one attached hydrogen (secondary N) is 1. The van der Waals surface area contributed by atoms with Gasteiger partial charge in [0.2, 0.25) is 5.95 Å². The van der Waals surface area contributed by atoms with Crippen LogP contribution < -0.4 is 11.3 Å². The molecule has 2 aromatic heterocycles. The Morgan fingerprint density at radius 1 is 1.23 bits per heavy atom. The number of H-pyrrole nitrogens is 1. The summed E-state index contributed by atoms with van der Waals surface area (Å²) in [4.78, 5) is 35.2. The Labute approximate surface area is 170 Å². The van der Waals surface area contributed by atoms with Crippen molar-refractivity contribution in [2.45, 2.75) is 19.9 Å². The molecule has 7 nitrogen and oxygen atoms in total. The van der Waals surface area contributed by atoms with Crippen LogP contribution in [0, 0.1) is 18.7 Å². The minimum absolute atomic E-state index is 0.0963. The minimum Gasteiger partial charge on any atom is -0.364 e. The van der Waals surface area contributed by atoms with E-state index in [9.17, 15) is 18.4 Å². The van der Waals surface area contributed by atoms with Crippen LogP contribution in [0.4, 0.5) is 8.78 Å². The number of aromatic amines is 1. The molecule has 1 aliphatic rings. The Hall–Kier alpha value is -3.46. The number of hydrogen-bond donors (Lipinski definition) is 2. The zero-order valence-corrected chi connectivity index (χ0v) is 16.2. The fourth-order valence-electron chi connectivity index (χ4n) is 3.53. The summed E-state index contributed by atoms with van der Waals surface area (Å²) in [6, 6.07) is 6.24. The van der Waals surface area contributed by atoms with E-state index >= 15 is 0 Å². The lowest BCUT2D eigenvalue weighted by Crippen LogP contribution is -2.28. The Morgan fingerprint density at radius 3 is 2.70 bits per heavy atom. The van der Waals surface area contributed by atoms with Crippen molar-refractivity contribution in [3.05, 3.63) is 75.0 Å². The summed E-state index contributed by atoms with van der Waals surface area (Å²) in [6.07, 6.45) is 2.40. The largest absolute Gasteiger partial charge is 0.364 e. The molecular formula is C21H19F2N5O2. The van der Waals surface area contributed by atoms with Crippen molar-refractivity contribution in [2.75, 3.05) is 13.1 Å². The maximum absolute atomic E-state index is 14.9. The number of aryl methyl sites for hydroxylation is 1. The number of aromatic nitrogens is 3. The summed E-state index contributed by atoms with van der Waals surface area (Å²) in [5.41, 5.74) is 6.91. The van der Waals surface area contributed by atoms with E-state index in [0.717, 1.165) is 5.57 Å². The van der Waals surface area contributed by atoms with Crippen molar-refractivity contribution in [3.63, 3.8) is 0 Å². The molecule has 3 N–H and O–H groups in total. The first-order valence-electron chi connectivity index (χ1n) is 9.39. The number of nitrogens with two attached hydrogens (primary N) is 1. The molecular weight excluding hydrogens is 392 g/mol. The molecule has 3 aromatic rings. The Bertz CT molecular complexity index is 1250. The van der Waals surface area contributed by atoms with E-state index in [1.807, 2.05) is 11.0 Å². The second-order valence-corrected chi connectivity index (χ2v) is 7.20. The molecule has 0 saturated heterocycles. The van der Waals surface area contributed by atoms with E-state index in [-0.39, 0.29) is 16.9 Å². The lowest BCUT2D eigenvalue weighted by molar-refractivity contribution is 0.0994. The van der Waals surface area contributed by atoms with Crippen molar-refractivity contribution in [2.24, 2.45) is 5.73 Å². The summed E-state index contributed by atoms with van der Waals surface area (Å²) >= 11 is 0. The number of pyridine rings is 1.